The van der Waals surface area contributed by atoms with E-state index >= 15 is 0 Å². The van der Waals surface area contributed by atoms with Crippen LogP contribution >= 0.6 is 11.8 Å². The predicted octanol–water partition coefficient (Wildman–Crippen LogP) is 6.07. The SMILES string of the molecule is COc1ccc(C=NNC(=O)CSc2nnc(-c3ccccc3)n2-c2ccc(C)cc2)cc1OCc1ccccc1. The highest BCUT2D eigenvalue weighted by molar-refractivity contribution is 7.99. The number of amides is 1. The fourth-order valence-electron chi connectivity index (χ4n) is 4.03. The number of carbonyl (C=O) groups excluding carboxylic acids is 1. The smallest absolute Gasteiger partial charge is 0.250 e. The molecule has 0 aliphatic carbocycles. The second kappa shape index (κ2) is 13.5. The van der Waals surface area contributed by atoms with Gasteiger partial charge in [-0.05, 0) is 48.4 Å². The van der Waals surface area contributed by atoms with Gasteiger partial charge >= 0.3 is 0 Å². The van der Waals surface area contributed by atoms with Crippen molar-refractivity contribution in [1.29, 1.82) is 0 Å². The van der Waals surface area contributed by atoms with Crippen molar-refractivity contribution >= 4 is 23.9 Å². The number of hydrogen-bond acceptors (Lipinski definition) is 7. The summed E-state index contributed by atoms with van der Waals surface area (Å²) in [5, 5.41) is 13.6. The number of methoxy groups -OCH3 is 1. The zero-order valence-electron chi connectivity index (χ0n) is 22.7. The molecule has 206 valence electrons. The Bertz CT molecular complexity index is 1620. The van der Waals surface area contributed by atoms with E-state index < -0.39 is 0 Å². The highest BCUT2D eigenvalue weighted by atomic mass is 32.2. The molecule has 5 aromatic rings. The fourth-order valence-corrected chi connectivity index (χ4v) is 4.77. The summed E-state index contributed by atoms with van der Waals surface area (Å²) >= 11 is 1.29. The molecule has 0 saturated heterocycles. The Kier molecular flexibility index (Phi) is 9.08. The molecule has 9 heteroatoms. The van der Waals surface area contributed by atoms with Crippen LogP contribution in [0, 0.1) is 6.92 Å². The van der Waals surface area contributed by atoms with Crippen LogP contribution in [0.15, 0.2) is 113 Å². The van der Waals surface area contributed by atoms with Crippen LogP contribution in [0.5, 0.6) is 11.5 Å². The number of rotatable bonds is 11. The monoisotopic (exact) mass is 563 g/mol. The summed E-state index contributed by atoms with van der Waals surface area (Å²) in [6, 6.07) is 33.3. The standard InChI is InChI=1S/C32H29N5O3S/c1-23-13-16-27(17-14-23)37-31(26-11-7-4-8-12-26)35-36-32(37)41-22-30(38)34-33-20-25-15-18-28(39-2)29(19-25)40-21-24-9-5-3-6-10-24/h3-20H,21-22H2,1-2H3,(H,34,38). The molecule has 1 N–H and O–H groups in total. The number of thioether (sulfide) groups is 1. The Morgan fingerprint density at radius 2 is 1.66 bits per heavy atom. The molecule has 0 saturated carbocycles. The zero-order valence-corrected chi connectivity index (χ0v) is 23.5. The van der Waals surface area contributed by atoms with Crippen LogP contribution in [-0.2, 0) is 11.4 Å². The number of aryl methyl sites for hydroxylation is 1. The first-order valence-corrected chi connectivity index (χ1v) is 14.0. The number of ether oxygens (including phenoxy) is 2. The van der Waals surface area contributed by atoms with Gasteiger partial charge < -0.3 is 9.47 Å². The summed E-state index contributed by atoms with van der Waals surface area (Å²) in [6.45, 7) is 2.45. The lowest BCUT2D eigenvalue weighted by Gasteiger charge is -2.11. The molecular weight excluding hydrogens is 534 g/mol. The number of hydrogen-bond donors (Lipinski definition) is 1. The molecular formula is C32H29N5O3S. The number of aromatic nitrogens is 3. The van der Waals surface area contributed by atoms with E-state index in [-0.39, 0.29) is 11.7 Å². The Balaban J connectivity index is 1.24. The van der Waals surface area contributed by atoms with Gasteiger partial charge in [-0.15, -0.1) is 10.2 Å². The first-order chi connectivity index (χ1) is 20.1. The van der Waals surface area contributed by atoms with E-state index in [4.69, 9.17) is 9.47 Å². The molecule has 0 atom stereocenters. The molecule has 1 heterocycles. The lowest BCUT2D eigenvalue weighted by molar-refractivity contribution is -0.118. The molecule has 0 aliphatic heterocycles. The third-order valence-electron chi connectivity index (χ3n) is 6.12. The lowest BCUT2D eigenvalue weighted by Crippen LogP contribution is -2.20. The Labute approximate surface area is 243 Å². The predicted molar refractivity (Wildman–Crippen MR) is 162 cm³/mol. The summed E-state index contributed by atoms with van der Waals surface area (Å²) in [4.78, 5) is 12.7. The summed E-state index contributed by atoms with van der Waals surface area (Å²) in [7, 11) is 1.60. The van der Waals surface area contributed by atoms with Crippen LogP contribution in [0.2, 0.25) is 0 Å². The minimum atomic E-state index is -0.264. The first kappa shape index (κ1) is 27.7. The maximum atomic E-state index is 12.7. The molecule has 41 heavy (non-hydrogen) atoms. The van der Waals surface area contributed by atoms with Crippen LogP contribution in [0.4, 0.5) is 0 Å². The summed E-state index contributed by atoms with van der Waals surface area (Å²) in [5.74, 6) is 1.77. The van der Waals surface area contributed by atoms with Gasteiger partial charge in [-0.2, -0.15) is 5.10 Å². The maximum Gasteiger partial charge on any atom is 0.250 e. The van der Waals surface area contributed by atoms with Crippen LogP contribution in [0.25, 0.3) is 17.1 Å². The third-order valence-corrected chi connectivity index (χ3v) is 7.05. The number of benzene rings is 4. The summed E-state index contributed by atoms with van der Waals surface area (Å²) < 4.78 is 13.4. The Morgan fingerprint density at radius 1 is 0.927 bits per heavy atom. The molecule has 0 unspecified atom stereocenters. The van der Waals surface area contributed by atoms with Crippen molar-refractivity contribution in [1.82, 2.24) is 20.2 Å². The van der Waals surface area contributed by atoms with Gasteiger partial charge in [0.1, 0.15) is 6.61 Å². The summed E-state index contributed by atoms with van der Waals surface area (Å²) in [6.07, 6.45) is 1.57. The average molecular weight is 564 g/mol. The van der Waals surface area contributed by atoms with Crippen LogP contribution in [-0.4, -0.2) is 39.7 Å². The van der Waals surface area contributed by atoms with Gasteiger partial charge in [-0.1, -0.05) is 90.1 Å². The second-order valence-corrected chi connectivity index (χ2v) is 10.1. The molecule has 8 nitrogen and oxygen atoms in total. The van der Waals surface area contributed by atoms with Crippen molar-refractivity contribution in [3.63, 3.8) is 0 Å². The van der Waals surface area contributed by atoms with E-state index in [0.717, 1.165) is 27.9 Å². The minimum absolute atomic E-state index is 0.115. The van der Waals surface area contributed by atoms with Gasteiger partial charge in [-0.25, -0.2) is 5.43 Å². The quantitative estimate of drug-likeness (QED) is 0.119. The first-order valence-electron chi connectivity index (χ1n) is 13.0. The average Bonchev–Trinajstić information content (AvgIpc) is 3.44. The minimum Gasteiger partial charge on any atom is -0.493 e. The second-order valence-electron chi connectivity index (χ2n) is 9.11. The summed E-state index contributed by atoms with van der Waals surface area (Å²) in [5.41, 5.74) is 7.41. The number of nitrogens with one attached hydrogen (secondary N) is 1. The normalized spacial score (nSPS) is 11.0. The van der Waals surface area contributed by atoms with Gasteiger partial charge in [0, 0.05) is 11.3 Å². The third kappa shape index (κ3) is 7.20. The van der Waals surface area contributed by atoms with Crippen LogP contribution in [0.1, 0.15) is 16.7 Å². The van der Waals surface area contributed by atoms with Crippen molar-refractivity contribution < 1.29 is 14.3 Å². The molecule has 1 amide bonds. The number of hydrazone groups is 1. The van der Waals surface area contributed by atoms with E-state index in [2.05, 4.69) is 20.7 Å². The molecule has 0 spiro atoms. The highest BCUT2D eigenvalue weighted by Crippen LogP contribution is 2.29. The van der Waals surface area contributed by atoms with E-state index in [1.807, 2.05) is 115 Å². The molecule has 0 fully saturated rings. The van der Waals surface area contributed by atoms with E-state index in [0.29, 0.717) is 29.1 Å². The Morgan fingerprint density at radius 3 is 2.39 bits per heavy atom. The van der Waals surface area contributed by atoms with Crippen molar-refractivity contribution in [2.45, 2.75) is 18.7 Å². The van der Waals surface area contributed by atoms with Crippen molar-refractivity contribution in [3.8, 4) is 28.6 Å². The Hall–Kier alpha value is -4.89. The van der Waals surface area contributed by atoms with Gasteiger partial charge in [0.05, 0.1) is 19.1 Å². The van der Waals surface area contributed by atoms with Crippen molar-refractivity contribution in [2.75, 3.05) is 12.9 Å². The number of carbonyl (C=O) groups is 1. The van der Waals surface area contributed by atoms with E-state index in [1.54, 1.807) is 13.3 Å². The molecule has 0 aliphatic rings. The van der Waals surface area contributed by atoms with E-state index in [9.17, 15) is 4.79 Å². The maximum absolute atomic E-state index is 12.7. The van der Waals surface area contributed by atoms with Crippen LogP contribution in [0.3, 0.4) is 0 Å². The largest absolute Gasteiger partial charge is 0.493 e. The molecule has 5 rings (SSSR count). The van der Waals surface area contributed by atoms with Crippen molar-refractivity contribution in [2.24, 2.45) is 5.10 Å². The van der Waals surface area contributed by atoms with E-state index in [1.165, 1.54) is 11.8 Å². The van der Waals surface area contributed by atoms with Gasteiger partial charge in [-0.3, -0.25) is 9.36 Å². The number of nitrogens with zero attached hydrogens (tertiary/aromatic N) is 4. The molecule has 1 aromatic heterocycles. The highest BCUT2D eigenvalue weighted by Gasteiger charge is 2.17. The fraction of sp³-hybridized carbons (Fsp3) is 0.125. The van der Waals surface area contributed by atoms with Crippen LogP contribution < -0.4 is 14.9 Å². The zero-order chi connectivity index (χ0) is 28.4. The molecule has 0 radical (unpaired) electrons. The topological polar surface area (TPSA) is 90.6 Å². The van der Waals surface area contributed by atoms with Crippen molar-refractivity contribution in [3.05, 3.63) is 120 Å². The van der Waals surface area contributed by atoms with Gasteiger partial charge in [0.25, 0.3) is 5.91 Å². The van der Waals surface area contributed by atoms with Gasteiger partial charge in [0.2, 0.25) is 0 Å². The molecule has 0 bridgehead atoms. The van der Waals surface area contributed by atoms with Gasteiger partial charge in [0.15, 0.2) is 22.5 Å². The molecule has 4 aromatic carbocycles. The lowest BCUT2D eigenvalue weighted by atomic mass is 10.2.